The number of halogens is 1. The summed E-state index contributed by atoms with van der Waals surface area (Å²) in [6.07, 6.45) is 3.67. The summed E-state index contributed by atoms with van der Waals surface area (Å²) in [4.78, 5) is 23.4. The molecular formula is C16H19FO3. The summed E-state index contributed by atoms with van der Waals surface area (Å²) in [6, 6.07) is 4.16. The zero-order chi connectivity index (χ0) is 14.8. The van der Waals surface area contributed by atoms with Crippen LogP contribution in [-0.4, -0.2) is 16.9 Å². The minimum Gasteiger partial charge on any atom is -0.481 e. The van der Waals surface area contributed by atoms with Crippen LogP contribution in [0.5, 0.6) is 0 Å². The third-order valence-corrected chi connectivity index (χ3v) is 4.23. The fourth-order valence-electron chi connectivity index (χ4n) is 3.19. The molecule has 0 unspecified atom stereocenters. The van der Waals surface area contributed by atoms with E-state index in [1.165, 1.54) is 12.1 Å². The highest BCUT2D eigenvalue weighted by atomic mass is 19.1. The van der Waals surface area contributed by atoms with Crippen molar-refractivity contribution in [2.75, 3.05) is 0 Å². The first-order chi connectivity index (χ1) is 9.42. The molecule has 0 bridgehead atoms. The molecule has 4 heteroatoms. The first kappa shape index (κ1) is 14.7. The summed E-state index contributed by atoms with van der Waals surface area (Å²) >= 11 is 0. The van der Waals surface area contributed by atoms with Crippen LogP contribution in [0, 0.1) is 18.2 Å². The predicted molar refractivity (Wildman–Crippen MR) is 73.2 cm³/mol. The monoisotopic (exact) mass is 278 g/mol. The first-order valence-electron chi connectivity index (χ1n) is 6.93. The van der Waals surface area contributed by atoms with Crippen molar-refractivity contribution in [1.82, 2.24) is 0 Å². The minimum atomic E-state index is -0.865. The maximum atomic E-state index is 13.3. The minimum absolute atomic E-state index is 0.0209. The summed E-state index contributed by atoms with van der Waals surface area (Å²) < 4.78 is 13.3. The number of ketones is 1. The Kier molecular flexibility index (Phi) is 4.21. The fraction of sp³-hybridized carbons (Fsp3) is 0.500. The Morgan fingerprint density at radius 2 is 1.90 bits per heavy atom. The molecule has 1 aliphatic rings. The highest BCUT2D eigenvalue weighted by Gasteiger charge is 2.38. The van der Waals surface area contributed by atoms with Gasteiger partial charge in [-0.1, -0.05) is 18.9 Å². The molecule has 3 nitrogen and oxygen atoms in total. The fourth-order valence-corrected chi connectivity index (χ4v) is 3.19. The lowest BCUT2D eigenvalue weighted by molar-refractivity contribution is -0.139. The second kappa shape index (κ2) is 5.73. The number of aliphatic carboxylic acids is 1. The smallest absolute Gasteiger partial charge is 0.303 e. The Balaban J connectivity index is 2.20. The molecule has 0 heterocycles. The molecule has 1 fully saturated rings. The number of aryl methyl sites for hydroxylation is 1. The van der Waals surface area contributed by atoms with E-state index in [1.807, 2.05) is 0 Å². The average Bonchev–Trinajstić information content (AvgIpc) is 2.79. The van der Waals surface area contributed by atoms with Crippen LogP contribution >= 0.6 is 0 Å². The number of Topliss-reactive ketones (excluding diaryl/α,β-unsaturated/α-hetero) is 1. The molecule has 108 valence electrons. The summed E-state index contributed by atoms with van der Waals surface area (Å²) in [6.45, 7) is 1.77. The van der Waals surface area contributed by atoms with Crippen molar-refractivity contribution >= 4 is 11.8 Å². The molecule has 1 aromatic carbocycles. The molecule has 1 aliphatic carbocycles. The average molecular weight is 278 g/mol. The third-order valence-electron chi connectivity index (χ3n) is 4.23. The molecule has 0 saturated heterocycles. The standard InChI is InChI=1S/C16H19FO3/c1-11-4-5-12(17)8-13(11)14(18)9-16(10-15(19)20)6-2-3-7-16/h4-5,8H,2-3,6-7,9-10H2,1H3,(H,19,20). The maximum absolute atomic E-state index is 13.3. The number of benzene rings is 1. The van der Waals surface area contributed by atoms with Gasteiger partial charge in [0.2, 0.25) is 0 Å². The van der Waals surface area contributed by atoms with Crippen molar-refractivity contribution in [3.05, 3.63) is 35.1 Å². The molecule has 2 rings (SSSR count). The molecular weight excluding hydrogens is 259 g/mol. The molecule has 0 spiro atoms. The number of hydrogen-bond acceptors (Lipinski definition) is 2. The van der Waals surface area contributed by atoms with Gasteiger partial charge in [-0.2, -0.15) is 0 Å². The van der Waals surface area contributed by atoms with Crippen molar-refractivity contribution in [3.63, 3.8) is 0 Å². The van der Waals surface area contributed by atoms with Gasteiger partial charge >= 0.3 is 5.97 Å². The van der Waals surface area contributed by atoms with Gasteiger partial charge in [-0.3, -0.25) is 9.59 Å². The van der Waals surface area contributed by atoms with Crippen LogP contribution < -0.4 is 0 Å². The Morgan fingerprint density at radius 1 is 1.25 bits per heavy atom. The SMILES string of the molecule is Cc1ccc(F)cc1C(=O)CC1(CC(=O)O)CCCC1. The van der Waals surface area contributed by atoms with Gasteiger partial charge in [0.25, 0.3) is 0 Å². The highest BCUT2D eigenvalue weighted by molar-refractivity contribution is 5.98. The number of carboxylic acids is 1. The molecule has 0 atom stereocenters. The van der Waals surface area contributed by atoms with E-state index >= 15 is 0 Å². The summed E-state index contributed by atoms with van der Waals surface area (Å²) in [5.41, 5.74) is 0.670. The third kappa shape index (κ3) is 3.24. The maximum Gasteiger partial charge on any atom is 0.303 e. The molecule has 1 N–H and O–H groups in total. The van der Waals surface area contributed by atoms with Crippen LogP contribution in [0.4, 0.5) is 4.39 Å². The lowest BCUT2D eigenvalue weighted by Crippen LogP contribution is -2.25. The second-order valence-electron chi connectivity index (χ2n) is 5.84. The van der Waals surface area contributed by atoms with Crippen LogP contribution in [0.1, 0.15) is 54.4 Å². The van der Waals surface area contributed by atoms with Gasteiger partial charge in [0.1, 0.15) is 5.82 Å². The van der Waals surface area contributed by atoms with Crippen LogP contribution in [0.3, 0.4) is 0 Å². The lowest BCUT2D eigenvalue weighted by atomic mass is 9.77. The molecule has 1 aromatic rings. The highest BCUT2D eigenvalue weighted by Crippen LogP contribution is 2.44. The summed E-state index contributed by atoms with van der Waals surface area (Å²) in [7, 11) is 0. The molecule has 0 aromatic heterocycles. The van der Waals surface area contributed by atoms with E-state index in [-0.39, 0.29) is 18.6 Å². The van der Waals surface area contributed by atoms with E-state index in [0.717, 1.165) is 31.2 Å². The Bertz CT molecular complexity index is 531. The number of carboxylic acid groups (broad SMARTS) is 1. The van der Waals surface area contributed by atoms with Gasteiger partial charge in [-0.05, 0) is 42.9 Å². The zero-order valence-electron chi connectivity index (χ0n) is 11.6. The normalized spacial score (nSPS) is 17.1. The topological polar surface area (TPSA) is 54.4 Å². The molecule has 20 heavy (non-hydrogen) atoms. The Labute approximate surface area is 117 Å². The Morgan fingerprint density at radius 3 is 2.50 bits per heavy atom. The van der Waals surface area contributed by atoms with E-state index in [0.29, 0.717) is 5.56 Å². The summed E-state index contributed by atoms with van der Waals surface area (Å²) in [5, 5.41) is 9.05. The van der Waals surface area contributed by atoms with E-state index in [1.54, 1.807) is 13.0 Å². The van der Waals surface area contributed by atoms with Crippen LogP contribution in [0.25, 0.3) is 0 Å². The first-order valence-corrected chi connectivity index (χ1v) is 6.93. The summed E-state index contributed by atoms with van der Waals surface area (Å²) in [5.74, 6) is -1.45. The van der Waals surface area contributed by atoms with E-state index in [2.05, 4.69) is 0 Å². The number of hydrogen-bond donors (Lipinski definition) is 1. The molecule has 0 aliphatic heterocycles. The van der Waals surface area contributed by atoms with Crippen LogP contribution in [0.2, 0.25) is 0 Å². The van der Waals surface area contributed by atoms with E-state index < -0.39 is 17.2 Å². The van der Waals surface area contributed by atoms with Crippen LogP contribution in [-0.2, 0) is 4.79 Å². The quantitative estimate of drug-likeness (QED) is 0.835. The van der Waals surface area contributed by atoms with Crippen molar-refractivity contribution in [1.29, 1.82) is 0 Å². The van der Waals surface area contributed by atoms with Gasteiger partial charge < -0.3 is 5.11 Å². The largest absolute Gasteiger partial charge is 0.481 e. The predicted octanol–water partition coefficient (Wildman–Crippen LogP) is 3.74. The Hall–Kier alpha value is -1.71. The van der Waals surface area contributed by atoms with Gasteiger partial charge in [-0.15, -0.1) is 0 Å². The van der Waals surface area contributed by atoms with E-state index in [9.17, 15) is 14.0 Å². The van der Waals surface area contributed by atoms with Gasteiger partial charge in [0, 0.05) is 12.0 Å². The number of rotatable bonds is 5. The number of carbonyl (C=O) groups excluding carboxylic acids is 1. The second-order valence-corrected chi connectivity index (χ2v) is 5.84. The molecule has 0 radical (unpaired) electrons. The van der Waals surface area contributed by atoms with Crippen molar-refractivity contribution in [3.8, 4) is 0 Å². The van der Waals surface area contributed by atoms with Crippen molar-refractivity contribution in [2.24, 2.45) is 5.41 Å². The van der Waals surface area contributed by atoms with Crippen LogP contribution in [0.15, 0.2) is 18.2 Å². The van der Waals surface area contributed by atoms with E-state index in [4.69, 9.17) is 5.11 Å². The van der Waals surface area contributed by atoms with Gasteiger partial charge in [-0.25, -0.2) is 4.39 Å². The van der Waals surface area contributed by atoms with Crippen molar-refractivity contribution < 1.29 is 19.1 Å². The van der Waals surface area contributed by atoms with Gasteiger partial charge in [0.05, 0.1) is 6.42 Å². The molecule has 0 amide bonds. The zero-order valence-corrected chi connectivity index (χ0v) is 11.6. The molecule has 1 saturated carbocycles. The van der Waals surface area contributed by atoms with Crippen molar-refractivity contribution in [2.45, 2.75) is 45.4 Å². The van der Waals surface area contributed by atoms with Gasteiger partial charge in [0.15, 0.2) is 5.78 Å². The lowest BCUT2D eigenvalue weighted by Gasteiger charge is -2.26. The number of carbonyl (C=O) groups is 2.